The number of carbonyl (C=O) groups excluding carboxylic acids is 3. The number of fused-ring (bicyclic) bond motifs is 2. The van der Waals surface area contributed by atoms with E-state index in [4.69, 9.17) is 5.10 Å². The summed E-state index contributed by atoms with van der Waals surface area (Å²) in [5.41, 5.74) is 8.93. The Kier molecular flexibility index (Phi) is 5.99. The molecule has 2 aromatic heterocycles. The van der Waals surface area contributed by atoms with Crippen LogP contribution in [0.1, 0.15) is 46.3 Å². The quantitative estimate of drug-likeness (QED) is 0.171. The Morgan fingerprint density at radius 3 is 2.61 bits per heavy atom. The number of oxime groups is 1. The van der Waals surface area contributed by atoms with Gasteiger partial charge in [0.1, 0.15) is 6.04 Å². The Morgan fingerprint density at radius 2 is 1.80 bits per heavy atom. The molecule has 3 aliphatic rings. The van der Waals surface area contributed by atoms with Gasteiger partial charge in [-0.3, -0.25) is 24.7 Å². The molecule has 1 fully saturated rings. The molecule has 202 valence electrons. The van der Waals surface area contributed by atoms with Crippen LogP contribution in [-0.2, 0) is 22.6 Å². The molecule has 0 bridgehead atoms. The first-order valence-electron chi connectivity index (χ1n) is 13.6. The molecule has 0 saturated carbocycles. The van der Waals surface area contributed by atoms with Crippen LogP contribution in [-0.4, -0.2) is 61.7 Å². The van der Waals surface area contributed by atoms with Crippen molar-refractivity contribution in [2.45, 2.75) is 38.3 Å². The topological polar surface area (TPSA) is 130 Å². The van der Waals surface area contributed by atoms with E-state index >= 15 is 0 Å². The van der Waals surface area contributed by atoms with Gasteiger partial charge >= 0.3 is 0 Å². The predicted molar refractivity (Wildman–Crippen MR) is 152 cm³/mol. The number of carbonyl (C=O) groups is 3. The van der Waals surface area contributed by atoms with Crippen molar-refractivity contribution >= 4 is 36.3 Å². The second kappa shape index (κ2) is 9.85. The molecule has 4 heterocycles. The molecule has 2 N–H and O–H groups in total. The molecule has 0 spiro atoms. The summed E-state index contributed by atoms with van der Waals surface area (Å²) >= 11 is 0. The van der Waals surface area contributed by atoms with Crippen LogP contribution in [0, 0.1) is 0 Å². The first kappa shape index (κ1) is 24.9. The van der Waals surface area contributed by atoms with Crippen molar-refractivity contribution in [3.63, 3.8) is 0 Å². The Bertz CT molecular complexity index is 1770. The lowest BCUT2D eigenvalue weighted by Crippen LogP contribution is -2.52. The summed E-state index contributed by atoms with van der Waals surface area (Å²) < 4.78 is 1.88. The van der Waals surface area contributed by atoms with E-state index in [0.717, 1.165) is 51.0 Å². The van der Waals surface area contributed by atoms with E-state index in [1.54, 1.807) is 23.4 Å². The van der Waals surface area contributed by atoms with Crippen LogP contribution in [0.4, 0.5) is 0 Å². The number of nitrogens with one attached hydrogen (secondary N) is 1. The lowest BCUT2D eigenvalue weighted by molar-refractivity contribution is -0.136. The van der Waals surface area contributed by atoms with Gasteiger partial charge in [-0.15, -0.1) is 0 Å². The van der Waals surface area contributed by atoms with Gasteiger partial charge in [0, 0.05) is 53.8 Å². The van der Waals surface area contributed by atoms with Crippen molar-refractivity contribution in [2.24, 2.45) is 5.16 Å². The van der Waals surface area contributed by atoms with Crippen LogP contribution in [0.25, 0.3) is 22.4 Å². The van der Waals surface area contributed by atoms with Crippen LogP contribution in [0.3, 0.4) is 0 Å². The average Bonchev–Trinajstić information content (AvgIpc) is 3.69. The molecule has 4 aromatic rings. The fraction of sp³-hybridized carbons (Fsp3) is 0.200. The Hall–Kier alpha value is -5.06. The van der Waals surface area contributed by atoms with E-state index < -0.39 is 11.9 Å². The summed E-state index contributed by atoms with van der Waals surface area (Å²) in [5, 5.41) is 20.1. The maximum Gasteiger partial charge on any atom is 0.299 e. The molecule has 10 nitrogen and oxygen atoms in total. The molecule has 1 saturated heterocycles. The molecule has 41 heavy (non-hydrogen) atoms. The number of hydrogen-bond acceptors (Lipinski definition) is 7. The summed E-state index contributed by atoms with van der Waals surface area (Å²) in [5.74, 6) is -0.922. The summed E-state index contributed by atoms with van der Waals surface area (Å²) in [6.07, 6.45) is 7.56. The molecule has 1 unspecified atom stereocenters. The third-order valence-corrected chi connectivity index (χ3v) is 8.21. The van der Waals surface area contributed by atoms with Gasteiger partial charge in [0.05, 0.1) is 11.4 Å². The fourth-order valence-electron chi connectivity index (χ4n) is 6.15. The SMILES string of the molecule is O=C1CCC(N2Cc3c(Bn4cc(-c5ccc6c(c5)CC/C6=N\O)c(-c5ccncc5)n4)cccc3C2=O)C(=O)N1. The van der Waals surface area contributed by atoms with Crippen molar-refractivity contribution in [3.8, 4) is 22.4 Å². The number of imide groups is 1. The Balaban J connectivity index is 1.24. The number of hydrogen-bond donors (Lipinski definition) is 2. The Labute approximate surface area is 236 Å². The summed E-state index contributed by atoms with van der Waals surface area (Å²) in [4.78, 5) is 43.2. The largest absolute Gasteiger partial charge is 0.411 e. The molecule has 2 aromatic carbocycles. The second-order valence-corrected chi connectivity index (χ2v) is 10.6. The highest BCUT2D eigenvalue weighted by atomic mass is 16.4. The minimum absolute atomic E-state index is 0.195. The molecule has 2 aliphatic heterocycles. The van der Waals surface area contributed by atoms with Crippen molar-refractivity contribution in [3.05, 3.63) is 89.4 Å². The van der Waals surface area contributed by atoms with E-state index in [-0.39, 0.29) is 18.2 Å². The third kappa shape index (κ3) is 4.30. The van der Waals surface area contributed by atoms with Crippen molar-refractivity contribution < 1.29 is 19.6 Å². The van der Waals surface area contributed by atoms with Gasteiger partial charge in [-0.25, -0.2) is 0 Å². The van der Waals surface area contributed by atoms with Gasteiger partial charge in [-0.05, 0) is 54.2 Å². The number of piperidine rings is 1. The molecule has 11 heteroatoms. The summed E-state index contributed by atoms with van der Waals surface area (Å²) in [7, 11) is 0.435. The van der Waals surface area contributed by atoms with E-state index in [1.165, 1.54) is 0 Å². The molecular formula is C30H25BN6O4. The van der Waals surface area contributed by atoms with E-state index in [1.807, 2.05) is 47.2 Å². The molecule has 7 rings (SSSR count). The van der Waals surface area contributed by atoms with Gasteiger partial charge < -0.3 is 14.7 Å². The average molecular weight is 544 g/mol. The van der Waals surface area contributed by atoms with Gasteiger partial charge in [-0.2, -0.15) is 5.10 Å². The molecule has 0 radical (unpaired) electrons. The van der Waals surface area contributed by atoms with E-state index in [2.05, 4.69) is 21.5 Å². The maximum absolute atomic E-state index is 13.3. The predicted octanol–water partition coefficient (Wildman–Crippen LogP) is 2.02. The minimum Gasteiger partial charge on any atom is -0.411 e. The van der Waals surface area contributed by atoms with Gasteiger partial charge in [0.25, 0.3) is 13.3 Å². The van der Waals surface area contributed by atoms with Crippen LogP contribution in [0.2, 0.25) is 0 Å². The number of nitrogens with zero attached hydrogens (tertiary/aromatic N) is 5. The molecule has 3 amide bonds. The zero-order valence-electron chi connectivity index (χ0n) is 22.1. The Morgan fingerprint density at radius 1 is 0.951 bits per heavy atom. The zero-order valence-corrected chi connectivity index (χ0v) is 22.1. The maximum atomic E-state index is 13.3. The highest BCUT2D eigenvalue weighted by Gasteiger charge is 2.39. The number of pyridine rings is 1. The number of rotatable bonds is 5. The van der Waals surface area contributed by atoms with Crippen LogP contribution < -0.4 is 10.8 Å². The standard InChI is InChI=1S/C30H25BN6O4/c38-27-9-8-26(29(39)33-27)36-15-23-21(30(36)40)2-1-3-24(23)31-37-16-22(28(34-37)17-10-12-32-13-11-17)19-4-6-20-18(14-19)5-7-25(20)35-41/h1-4,6,10-14,16,26,31,41H,5,7-9,15H2,(H,33,38,39)/b35-25+. The van der Waals surface area contributed by atoms with Gasteiger partial charge in [-0.1, -0.05) is 41.0 Å². The second-order valence-electron chi connectivity index (χ2n) is 10.6. The number of amides is 3. The van der Waals surface area contributed by atoms with Crippen LogP contribution in [0.15, 0.2) is 72.3 Å². The number of benzene rings is 2. The first-order chi connectivity index (χ1) is 20.0. The van der Waals surface area contributed by atoms with Crippen molar-refractivity contribution in [1.29, 1.82) is 0 Å². The van der Waals surface area contributed by atoms with Crippen LogP contribution in [0.5, 0.6) is 0 Å². The molecule has 1 aliphatic carbocycles. The summed E-state index contributed by atoms with van der Waals surface area (Å²) in [6.45, 7) is 0.307. The number of aromatic nitrogens is 3. The van der Waals surface area contributed by atoms with Crippen molar-refractivity contribution in [1.82, 2.24) is 24.9 Å². The highest BCUT2D eigenvalue weighted by Crippen LogP contribution is 2.34. The van der Waals surface area contributed by atoms with Gasteiger partial charge in [0.15, 0.2) is 0 Å². The highest BCUT2D eigenvalue weighted by molar-refractivity contribution is 6.52. The first-order valence-corrected chi connectivity index (χ1v) is 13.6. The smallest absolute Gasteiger partial charge is 0.299 e. The molecular weight excluding hydrogens is 519 g/mol. The fourth-order valence-corrected chi connectivity index (χ4v) is 6.15. The van der Waals surface area contributed by atoms with E-state index in [9.17, 15) is 19.6 Å². The zero-order chi connectivity index (χ0) is 28.1. The number of aryl methyl sites for hydroxylation is 1. The van der Waals surface area contributed by atoms with Gasteiger partial charge in [0.2, 0.25) is 11.8 Å². The lowest BCUT2D eigenvalue weighted by atomic mass is 9.78. The van der Waals surface area contributed by atoms with Crippen LogP contribution >= 0.6 is 0 Å². The monoisotopic (exact) mass is 544 g/mol. The van der Waals surface area contributed by atoms with Crippen molar-refractivity contribution in [2.75, 3.05) is 0 Å². The minimum atomic E-state index is -0.661. The third-order valence-electron chi connectivity index (χ3n) is 8.21. The molecule has 1 atom stereocenters. The summed E-state index contributed by atoms with van der Waals surface area (Å²) in [6, 6.07) is 15.0. The normalized spacial score (nSPS) is 18.9. The lowest BCUT2D eigenvalue weighted by Gasteiger charge is -2.29. The van der Waals surface area contributed by atoms with E-state index in [0.29, 0.717) is 38.1 Å².